The van der Waals surface area contributed by atoms with Gasteiger partial charge in [0.15, 0.2) is 5.13 Å². The Hall–Kier alpha value is -2.60. The van der Waals surface area contributed by atoms with Crippen LogP contribution in [-0.4, -0.2) is 63.5 Å². The summed E-state index contributed by atoms with van der Waals surface area (Å²) in [5.74, 6) is -0.262. The number of hydrogen-bond donors (Lipinski definition) is 2. The normalized spacial score (nSPS) is 14.2. The summed E-state index contributed by atoms with van der Waals surface area (Å²) in [6, 6.07) is 18.1. The van der Waals surface area contributed by atoms with Gasteiger partial charge in [0.05, 0.1) is 14.6 Å². The molecule has 0 spiro atoms. The molecule has 1 fully saturated rings. The summed E-state index contributed by atoms with van der Waals surface area (Å²) < 4.78 is 28.9. The number of benzene rings is 3. The number of sulfonamides is 1. The Morgan fingerprint density at radius 2 is 1.69 bits per heavy atom. The summed E-state index contributed by atoms with van der Waals surface area (Å²) >= 11 is 13.8. The number of halogens is 3. The van der Waals surface area contributed by atoms with Crippen molar-refractivity contribution in [3.8, 4) is 0 Å². The van der Waals surface area contributed by atoms with Gasteiger partial charge in [0, 0.05) is 55.5 Å². The van der Waals surface area contributed by atoms with E-state index < -0.39 is 10.0 Å². The van der Waals surface area contributed by atoms with Gasteiger partial charge >= 0.3 is 0 Å². The van der Waals surface area contributed by atoms with Crippen LogP contribution in [0.15, 0.2) is 71.6 Å². The van der Waals surface area contributed by atoms with Gasteiger partial charge in [-0.1, -0.05) is 46.7 Å². The first-order chi connectivity index (χ1) is 18.3. The van der Waals surface area contributed by atoms with Crippen LogP contribution in [0.1, 0.15) is 10.4 Å². The van der Waals surface area contributed by atoms with E-state index in [-0.39, 0.29) is 23.2 Å². The maximum atomic E-state index is 12.7. The molecule has 206 valence electrons. The number of anilines is 2. The van der Waals surface area contributed by atoms with Crippen LogP contribution in [0, 0.1) is 0 Å². The predicted octanol–water partition coefficient (Wildman–Crippen LogP) is 5.38. The highest BCUT2D eigenvalue weighted by Crippen LogP contribution is 2.33. The third-order valence-corrected chi connectivity index (χ3v) is 9.25. The van der Waals surface area contributed by atoms with Crippen LogP contribution in [0.25, 0.3) is 10.2 Å². The fraction of sp³-hybridized carbons (Fsp3) is 0.231. The Morgan fingerprint density at radius 3 is 2.41 bits per heavy atom. The zero-order valence-electron chi connectivity index (χ0n) is 20.6. The minimum absolute atomic E-state index is 0. The van der Waals surface area contributed by atoms with E-state index in [1.807, 2.05) is 18.2 Å². The minimum Gasteiger partial charge on any atom is -0.351 e. The lowest BCUT2D eigenvalue weighted by Gasteiger charge is -2.34. The number of rotatable bonds is 8. The molecule has 13 heteroatoms. The molecule has 0 bridgehead atoms. The smallest absolute Gasteiger partial charge is 0.261 e. The summed E-state index contributed by atoms with van der Waals surface area (Å²) in [6.07, 6.45) is 0. The Labute approximate surface area is 247 Å². The van der Waals surface area contributed by atoms with Gasteiger partial charge in [-0.3, -0.25) is 14.4 Å². The number of thiazole rings is 1. The molecule has 0 saturated carbocycles. The molecule has 2 heterocycles. The molecule has 8 nitrogen and oxygen atoms in total. The quantitative estimate of drug-likeness (QED) is 0.273. The maximum Gasteiger partial charge on any atom is 0.261 e. The largest absolute Gasteiger partial charge is 0.351 e. The molecule has 1 aromatic heterocycles. The number of hydrogen-bond acceptors (Lipinski definition) is 7. The van der Waals surface area contributed by atoms with Crippen molar-refractivity contribution in [2.45, 2.75) is 4.90 Å². The van der Waals surface area contributed by atoms with Gasteiger partial charge in [-0.25, -0.2) is 13.4 Å². The third kappa shape index (κ3) is 7.13. The molecule has 0 aliphatic carbocycles. The molecule has 5 rings (SSSR count). The van der Waals surface area contributed by atoms with Crippen molar-refractivity contribution in [3.63, 3.8) is 0 Å². The Balaban J connectivity index is 0.00000353. The van der Waals surface area contributed by atoms with E-state index in [4.69, 9.17) is 28.2 Å². The Kier molecular flexibility index (Phi) is 9.58. The van der Waals surface area contributed by atoms with E-state index in [2.05, 4.69) is 19.8 Å². The molecular weight excluding hydrogens is 601 g/mol. The van der Waals surface area contributed by atoms with Crippen molar-refractivity contribution >= 4 is 83.9 Å². The first kappa shape index (κ1) is 29.4. The van der Waals surface area contributed by atoms with Crippen LogP contribution in [-0.2, 0) is 10.0 Å². The van der Waals surface area contributed by atoms with Crippen molar-refractivity contribution in [1.29, 1.82) is 0 Å². The summed E-state index contributed by atoms with van der Waals surface area (Å²) in [7, 11) is -3.80. The molecule has 1 saturated heterocycles. The molecule has 0 unspecified atom stereocenters. The van der Waals surface area contributed by atoms with E-state index in [1.54, 1.807) is 29.5 Å². The average Bonchev–Trinajstić information content (AvgIpc) is 3.35. The van der Waals surface area contributed by atoms with Gasteiger partial charge < -0.3 is 10.2 Å². The highest BCUT2D eigenvalue weighted by atomic mass is 35.5. The lowest BCUT2D eigenvalue weighted by molar-refractivity contribution is 0.0948. The second-order valence-corrected chi connectivity index (χ2v) is 12.3. The van der Waals surface area contributed by atoms with Crippen molar-refractivity contribution in [2.75, 3.05) is 48.9 Å². The van der Waals surface area contributed by atoms with Crippen LogP contribution in [0.4, 0.5) is 10.8 Å². The van der Waals surface area contributed by atoms with Gasteiger partial charge in [0.25, 0.3) is 15.9 Å². The lowest BCUT2D eigenvalue weighted by atomic mass is 10.2. The Morgan fingerprint density at radius 1 is 0.974 bits per heavy atom. The first-order valence-electron chi connectivity index (χ1n) is 12.0. The summed E-state index contributed by atoms with van der Waals surface area (Å²) in [6.45, 7) is 4.62. The van der Waals surface area contributed by atoms with Gasteiger partial charge in [-0.05, 0) is 54.6 Å². The minimum atomic E-state index is -3.80. The van der Waals surface area contributed by atoms with Gasteiger partial charge in [-0.15, -0.1) is 12.4 Å². The van der Waals surface area contributed by atoms with Gasteiger partial charge in [-0.2, -0.15) is 0 Å². The number of para-hydroxylation sites is 1. The molecular formula is C26H26Cl3N5O3S2. The molecule has 1 amide bonds. The van der Waals surface area contributed by atoms with E-state index in [0.717, 1.165) is 41.5 Å². The lowest BCUT2D eigenvalue weighted by Crippen LogP contribution is -2.48. The fourth-order valence-corrected chi connectivity index (χ4v) is 6.68. The molecule has 4 aromatic rings. The zero-order valence-corrected chi connectivity index (χ0v) is 24.6. The maximum absolute atomic E-state index is 12.7. The van der Waals surface area contributed by atoms with E-state index in [0.29, 0.717) is 34.4 Å². The second-order valence-electron chi connectivity index (χ2n) is 8.81. The molecule has 2 N–H and O–H groups in total. The molecule has 0 atom stereocenters. The second kappa shape index (κ2) is 12.7. The fourth-order valence-electron chi connectivity index (χ4n) is 4.18. The van der Waals surface area contributed by atoms with Crippen LogP contribution in [0.3, 0.4) is 0 Å². The monoisotopic (exact) mass is 625 g/mol. The van der Waals surface area contributed by atoms with Crippen LogP contribution >= 0.6 is 46.9 Å². The highest BCUT2D eigenvalue weighted by Gasteiger charge is 2.21. The van der Waals surface area contributed by atoms with Crippen molar-refractivity contribution in [3.05, 3.63) is 82.3 Å². The van der Waals surface area contributed by atoms with Crippen molar-refractivity contribution < 1.29 is 13.2 Å². The number of nitrogens with zero attached hydrogens (tertiary/aromatic N) is 3. The molecule has 1 aliphatic rings. The first-order valence-corrected chi connectivity index (χ1v) is 15.0. The van der Waals surface area contributed by atoms with Gasteiger partial charge in [0.1, 0.15) is 5.52 Å². The third-order valence-electron chi connectivity index (χ3n) is 6.22. The molecule has 0 radical (unpaired) electrons. The number of piperazine rings is 1. The standard InChI is InChI=1S/C26H25Cl2N5O3S2.ClH/c27-19-7-9-21(10-8-19)38(35,36)31-20-4-1-3-18(17-20)25(34)29-11-12-32-13-15-33(16-14-32)26-30-24-22(28)5-2-6-23(24)37-26;/h1-10,17,31H,11-16H2,(H,29,34);1H. The van der Waals surface area contributed by atoms with Crippen molar-refractivity contribution in [2.24, 2.45) is 0 Å². The van der Waals surface area contributed by atoms with Crippen LogP contribution in [0.5, 0.6) is 0 Å². The predicted molar refractivity (Wildman–Crippen MR) is 162 cm³/mol. The van der Waals surface area contributed by atoms with Crippen LogP contribution < -0.4 is 14.9 Å². The SMILES string of the molecule is Cl.O=C(NCCN1CCN(c2nc3c(Cl)cccc3s2)CC1)c1cccc(NS(=O)(=O)c2ccc(Cl)cc2)c1. The number of amides is 1. The summed E-state index contributed by atoms with van der Waals surface area (Å²) in [4.78, 5) is 22.1. The zero-order chi connectivity index (χ0) is 26.7. The number of nitrogens with one attached hydrogen (secondary N) is 2. The molecule has 1 aliphatic heterocycles. The summed E-state index contributed by atoms with van der Waals surface area (Å²) in [5, 5.41) is 5.03. The number of aromatic nitrogens is 1. The average molecular weight is 627 g/mol. The van der Waals surface area contributed by atoms with E-state index >= 15 is 0 Å². The molecule has 39 heavy (non-hydrogen) atoms. The topological polar surface area (TPSA) is 94.6 Å². The number of carbonyl (C=O) groups is 1. The van der Waals surface area contributed by atoms with Crippen molar-refractivity contribution in [1.82, 2.24) is 15.2 Å². The van der Waals surface area contributed by atoms with Crippen LogP contribution in [0.2, 0.25) is 10.0 Å². The summed E-state index contributed by atoms with van der Waals surface area (Å²) in [5.41, 5.74) is 1.53. The number of fused-ring (bicyclic) bond motifs is 1. The van der Waals surface area contributed by atoms with E-state index in [9.17, 15) is 13.2 Å². The molecule has 3 aromatic carbocycles. The number of carbonyl (C=O) groups excluding carboxylic acids is 1. The highest BCUT2D eigenvalue weighted by molar-refractivity contribution is 7.92. The van der Waals surface area contributed by atoms with Gasteiger partial charge in [0.2, 0.25) is 0 Å². The van der Waals surface area contributed by atoms with E-state index in [1.165, 1.54) is 30.3 Å². The Bertz CT molecular complexity index is 1560.